The summed E-state index contributed by atoms with van der Waals surface area (Å²) in [6.07, 6.45) is 17.8. The third kappa shape index (κ3) is 4.29. The van der Waals surface area contributed by atoms with Crippen molar-refractivity contribution < 1.29 is 14.6 Å². The molecule has 7 rings (SSSR count). The molecular weight excluding hydrogens is 520 g/mol. The highest BCUT2D eigenvalue weighted by molar-refractivity contribution is 5.92. The molecule has 5 aliphatic carbocycles. The average Bonchev–Trinajstić information content (AvgIpc) is 3.24. The van der Waals surface area contributed by atoms with Crippen LogP contribution in [0.2, 0.25) is 0 Å². The van der Waals surface area contributed by atoms with E-state index in [1.165, 1.54) is 51.4 Å². The van der Waals surface area contributed by atoms with Gasteiger partial charge in [0.1, 0.15) is 0 Å². The highest BCUT2D eigenvalue weighted by Crippen LogP contribution is 2.83. The molecule has 42 heavy (non-hydrogen) atoms. The minimum absolute atomic E-state index is 0.00601. The fourth-order valence-electron chi connectivity index (χ4n) is 12.5. The Hall–Kier alpha value is -1.17. The number of carbonyl (C=O) groups is 1. The van der Waals surface area contributed by atoms with E-state index in [2.05, 4.69) is 50.9 Å². The van der Waals surface area contributed by atoms with E-state index < -0.39 is 0 Å². The van der Waals surface area contributed by atoms with Crippen LogP contribution in [0.15, 0.2) is 23.3 Å². The molecule has 12 atom stereocenters. The van der Waals surface area contributed by atoms with Crippen molar-refractivity contribution in [3.8, 4) is 0 Å². The number of hydrogen-bond donors (Lipinski definition) is 2. The summed E-state index contributed by atoms with van der Waals surface area (Å²) in [5.74, 6) is 3.67. The van der Waals surface area contributed by atoms with Gasteiger partial charge in [0.05, 0.1) is 17.8 Å². The van der Waals surface area contributed by atoms with Crippen molar-refractivity contribution in [1.82, 2.24) is 10.2 Å². The van der Waals surface area contributed by atoms with Crippen molar-refractivity contribution in [2.75, 3.05) is 19.6 Å². The van der Waals surface area contributed by atoms with E-state index in [0.717, 1.165) is 55.7 Å². The van der Waals surface area contributed by atoms with Crippen LogP contribution in [0.25, 0.3) is 0 Å². The number of rotatable bonds is 5. The Bertz CT molecular complexity index is 1160. The summed E-state index contributed by atoms with van der Waals surface area (Å²) >= 11 is 0. The van der Waals surface area contributed by atoms with Crippen LogP contribution >= 0.6 is 0 Å². The van der Waals surface area contributed by atoms with Crippen molar-refractivity contribution in [3.05, 3.63) is 23.3 Å². The molecular formula is C37H58N2O3. The summed E-state index contributed by atoms with van der Waals surface area (Å²) in [6, 6.07) is 0.460. The van der Waals surface area contributed by atoms with Gasteiger partial charge in [0, 0.05) is 37.2 Å². The first-order valence-electron chi connectivity index (χ1n) is 17.7. The molecule has 3 unspecified atom stereocenters. The molecule has 2 aliphatic heterocycles. The molecule has 0 aromatic carbocycles. The Morgan fingerprint density at radius 3 is 2.79 bits per heavy atom. The summed E-state index contributed by atoms with van der Waals surface area (Å²) in [5.41, 5.74) is 3.63. The van der Waals surface area contributed by atoms with Crippen LogP contribution in [0.3, 0.4) is 0 Å². The molecule has 2 saturated heterocycles. The molecule has 5 heteroatoms. The molecule has 6 fully saturated rings. The largest absolute Gasteiger partial charge is 0.393 e. The summed E-state index contributed by atoms with van der Waals surface area (Å²) < 4.78 is 7.38. The van der Waals surface area contributed by atoms with E-state index in [4.69, 9.17) is 4.74 Å². The minimum Gasteiger partial charge on any atom is -0.393 e. The van der Waals surface area contributed by atoms with Gasteiger partial charge in [0.2, 0.25) is 5.91 Å². The first kappa shape index (κ1) is 29.5. The first-order valence-corrected chi connectivity index (χ1v) is 17.7. The molecule has 2 N–H and O–H groups in total. The number of nitrogens with zero attached hydrogens (tertiary/aromatic N) is 1. The second-order valence-electron chi connectivity index (χ2n) is 16.9. The van der Waals surface area contributed by atoms with Crippen LogP contribution in [0.4, 0.5) is 0 Å². The lowest BCUT2D eigenvalue weighted by atomic mass is 9.56. The first-order chi connectivity index (χ1) is 20.0. The molecule has 1 amide bonds. The Balaban J connectivity index is 1.09. The van der Waals surface area contributed by atoms with E-state index in [1.54, 1.807) is 5.57 Å². The van der Waals surface area contributed by atoms with Gasteiger partial charge in [-0.2, -0.15) is 0 Å². The molecule has 0 radical (unpaired) electrons. The Labute approximate surface area is 255 Å². The molecule has 234 valence electrons. The third-order valence-electron chi connectivity index (χ3n) is 14.6. The van der Waals surface area contributed by atoms with Gasteiger partial charge in [-0.05, 0) is 117 Å². The third-order valence-corrected chi connectivity index (χ3v) is 14.6. The SMILES string of the molecule is CC/C=C(\C)C(=O)NCCN1C[C@@H](C)C[C@H]2O[C@]3(CC[C@H]4C5CC=C6C[C@@H](O)CC[C@]6(C)[C@H]5CC45CC5(C)C3)[C@H](C)[C@@H]21. The van der Waals surface area contributed by atoms with Crippen molar-refractivity contribution >= 4 is 5.91 Å². The number of piperidine rings is 1. The van der Waals surface area contributed by atoms with Crippen molar-refractivity contribution in [2.24, 2.45) is 45.8 Å². The molecule has 0 bridgehead atoms. The number of allylic oxidation sites excluding steroid dienone is 2. The fraction of sp³-hybridized carbons (Fsp3) is 0.865. The van der Waals surface area contributed by atoms with E-state index in [9.17, 15) is 9.90 Å². The zero-order chi connectivity index (χ0) is 29.7. The van der Waals surface area contributed by atoms with E-state index in [1.807, 2.05) is 13.0 Å². The predicted molar refractivity (Wildman–Crippen MR) is 168 cm³/mol. The van der Waals surface area contributed by atoms with E-state index in [-0.39, 0.29) is 17.6 Å². The second-order valence-corrected chi connectivity index (χ2v) is 16.9. The average molecular weight is 579 g/mol. The smallest absolute Gasteiger partial charge is 0.246 e. The van der Waals surface area contributed by atoms with E-state index >= 15 is 0 Å². The van der Waals surface area contributed by atoms with Crippen molar-refractivity contribution in [1.29, 1.82) is 0 Å². The quantitative estimate of drug-likeness (QED) is 0.283. The predicted octanol–water partition coefficient (Wildman–Crippen LogP) is 6.66. The fourth-order valence-corrected chi connectivity index (χ4v) is 12.5. The van der Waals surface area contributed by atoms with Crippen LogP contribution in [-0.4, -0.2) is 59.4 Å². The van der Waals surface area contributed by atoms with Gasteiger partial charge in [-0.25, -0.2) is 0 Å². The minimum atomic E-state index is -0.123. The van der Waals surface area contributed by atoms with Gasteiger partial charge in [-0.1, -0.05) is 52.3 Å². The summed E-state index contributed by atoms with van der Waals surface area (Å²) in [4.78, 5) is 15.2. The Kier molecular flexibility index (Phi) is 7.15. The molecule has 7 aliphatic rings. The Morgan fingerprint density at radius 2 is 2.00 bits per heavy atom. The van der Waals surface area contributed by atoms with E-state index in [0.29, 0.717) is 46.8 Å². The summed E-state index contributed by atoms with van der Waals surface area (Å²) in [7, 11) is 0. The second kappa shape index (κ2) is 10.2. The number of ether oxygens (including phenoxy) is 1. The molecule has 4 saturated carbocycles. The van der Waals surface area contributed by atoms with Gasteiger partial charge in [-0.3, -0.25) is 9.69 Å². The number of aliphatic hydroxyl groups excluding tert-OH is 1. The van der Waals surface area contributed by atoms with Crippen molar-refractivity contribution in [3.63, 3.8) is 0 Å². The van der Waals surface area contributed by atoms with Gasteiger partial charge in [0.25, 0.3) is 0 Å². The van der Waals surface area contributed by atoms with Crippen LogP contribution in [-0.2, 0) is 9.53 Å². The summed E-state index contributed by atoms with van der Waals surface area (Å²) in [6.45, 7) is 16.9. The van der Waals surface area contributed by atoms with Crippen LogP contribution in [0, 0.1) is 45.8 Å². The maximum absolute atomic E-state index is 12.6. The van der Waals surface area contributed by atoms with Crippen LogP contribution in [0.5, 0.6) is 0 Å². The number of nitrogens with one attached hydrogen (secondary N) is 1. The maximum Gasteiger partial charge on any atom is 0.246 e. The monoisotopic (exact) mass is 578 g/mol. The molecule has 5 nitrogen and oxygen atoms in total. The zero-order valence-electron chi connectivity index (χ0n) is 27.4. The van der Waals surface area contributed by atoms with Gasteiger partial charge >= 0.3 is 0 Å². The number of carbonyl (C=O) groups excluding carboxylic acids is 1. The standard InChI is InChI=1S/C37H58N2O3/c1-7-8-24(3)33(41)38-15-16-39-20-23(2)17-31-32(39)25(4)37(42-31)14-12-29-28-10-9-26-18-27(40)11-13-35(26,6)30(28)19-36(29)21-34(36,5)22-37/h8-9,23,25,27-32,40H,7,10-22H2,1-6H3,(H,38,41)/b24-8+/t23-,25+,27-,28?,29-,30-,31+,32-,34?,35-,36?,37-/m0/s1. The molecule has 0 aromatic heterocycles. The lowest BCUT2D eigenvalue weighted by molar-refractivity contribution is -0.117. The van der Waals surface area contributed by atoms with Gasteiger partial charge < -0.3 is 15.2 Å². The lowest BCUT2D eigenvalue weighted by Gasteiger charge is -2.49. The van der Waals surface area contributed by atoms with Crippen LogP contribution in [0.1, 0.15) is 112 Å². The highest BCUT2D eigenvalue weighted by Gasteiger charge is 2.77. The number of amides is 1. The van der Waals surface area contributed by atoms with Crippen LogP contribution < -0.4 is 5.32 Å². The normalized spacial score (nSPS) is 51.5. The maximum atomic E-state index is 12.6. The van der Waals surface area contributed by atoms with Gasteiger partial charge in [-0.15, -0.1) is 0 Å². The number of hydrogen-bond acceptors (Lipinski definition) is 4. The van der Waals surface area contributed by atoms with Gasteiger partial charge in [0.15, 0.2) is 0 Å². The number of aliphatic hydroxyl groups is 1. The number of likely N-dealkylation sites (tertiary alicyclic amines) is 1. The summed E-state index contributed by atoms with van der Waals surface area (Å²) in [5, 5.41) is 13.6. The number of fused-ring (bicyclic) bond motifs is 5. The molecule has 0 aromatic rings. The van der Waals surface area contributed by atoms with Crippen molar-refractivity contribution in [2.45, 2.75) is 136 Å². The highest BCUT2D eigenvalue weighted by atomic mass is 16.5. The Morgan fingerprint density at radius 1 is 1.19 bits per heavy atom. The topological polar surface area (TPSA) is 61.8 Å². The molecule has 2 heterocycles. The zero-order valence-corrected chi connectivity index (χ0v) is 27.4. The molecule has 2 spiro atoms. The lowest BCUT2D eigenvalue weighted by Crippen LogP contribution is -2.53.